The number of benzene rings is 1. The molecule has 4 nitrogen and oxygen atoms in total. The molecule has 1 unspecified atom stereocenters. The van der Waals surface area contributed by atoms with Gasteiger partial charge < -0.3 is 15.5 Å². The topological polar surface area (TPSA) is 69.6 Å². The zero-order valence-corrected chi connectivity index (χ0v) is 11.2. The molecule has 1 aromatic rings. The maximum atomic E-state index is 10.8. The van der Waals surface area contributed by atoms with E-state index in [9.17, 15) is 4.79 Å². The lowest BCUT2D eigenvalue weighted by Crippen LogP contribution is -2.31. The summed E-state index contributed by atoms with van der Waals surface area (Å²) in [5.41, 5.74) is 1.23. The van der Waals surface area contributed by atoms with Gasteiger partial charge in [-0.25, -0.2) is 4.79 Å². The molecule has 0 spiro atoms. The lowest BCUT2D eigenvalue weighted by molar-refractivity contribution is 0.0697. The van der Waals surface area contributed by atoms with Crippen molar-refractivity contribution in [1.29, 1.82) is 0 Å². The highest BCUT2D eigenvalue weighted by atomic mass is 79.9. The Morgan fingerprint density at radius 1 is 1.53 bits per heavy atom. The number of aliphatic hydroxyl groups excluding tert-OH is 1. The van der Waals surface area contributed by atoms with E-state index >= 15 is 0 Å². The van der Waals surface area contributed by atoms with E-state index in [4.69, 9.17) is 10.2 Å². The molecule has 0 amide bonds. The molecule has 0 saturated carbocycles. The van der Waals surface area contributed by atoms with Crippen molar-refractivity contribution in [3.05, 3.63) is 33.8 Å². The van der Waals surface area contributed by atoms with E-state index in [0.717, 1.165) is 16.5 Å². The Morgan fingerprint density at radius 3 is 2.71 bits per heavy atom. The Balaban J connectivity index is 2.69. The van der Waals surface area contributed by atoms with Crippen LogP contribution in [-0.4, -0.2) is 28.8 Å². The van der Waals surface area contributed by atoms with E-state index in [0.29, 0.717) is 6.54 Å². The standard InChI is InChI=1S/C12H16BrNO3/c1-2-10(7-15)14-6-9-4-3-8(12(16)17)5-11(9)13/h3-5,10,14-15H,2,6-7H2,1H3,(H,16,17). The number of carboxylic acid groups (broad SMARTS) is 1. The molecule has 0 bridgehead atoms. The summed E-state index contributed by atoms with van der Waals surface area (Å²) in [6.45, 7) is 2.69. The van der Waals surface area contributed by atoms with Crippen molar-refractivity contribution in [3.8, 4) is 0 Å². The zero-order valence-electron chi connectivity index (χ0n) is 9.61. The van der Waals surface area contributed by atoms with Gasteiger partial charge in [0.1, 0.15) is 0 Å². The Labute approximate surface area is 109 Å². The molecule has 5 heteroatoms. The third-order valence-corrected chi connectivity index (χ3v) is 3.33. The number of carboxylic acids is 1. The largest absolute Gasteiger partial charge is 0.478 e. The molecule has 0 aliphatic heterocycles. The van der Waals surface area contributed by atoms with E-state index in [2.05, 4.69) is 21.2 Å². The summed E-state index contributed by atoms with van der Waals surface area (Å²) in [4.78, 5) is 10.8. The molecule has 0 aliphatic carbocycles. The SMILES string of the molecule is CCC(CO)NCc1ccc(C(=O)O)cc1Br. The maximum absolute atomic E-state index is 10.8. The van der Waals surface area contributed by atoms with Gasteiger partial charge in [-0.05, 0) is 24.1 Å². The van der Waals surface area contributed by atoms with Gasteiger partial charge in [0.2, 0.25) is 0 Å². The van der Waals surface area contributed by atoms with Gasteiger partial charge in [-0.15, -0.1) is 0 Å². The van der Waals surface area contributed by atoms with Gasteiger partial charge in [-0.3, -0.25) is 0 Å². The molecule has 0 aromatic heterocycles. The fourth-order valence-corrected chi connectivity index (χ4v) is 1.93. The molecular formula is C12H16BrNO3. The molecule has 3 N–H and O–H groups in total. The molecule has 0 fully saturated rings. The zero-order chi connectivity index (χ0) is 12.8. The summed E-state index contributed by atoms with van der Waals surface area (Å²) in [5, 5.41) is 21.1. The smallest absolute Gasteiger partial charge is 0.335 e. The van der Waals surface area contributed by atoms with Crippen LogP contribution in [0.15, 0.2) is 22.7 Å². The number of aliphatic hydroxyl groups is 1. The van der Waals surface area contributed by atoms with Crippen LogP contribution in [0.1, 0.15) is 29.3 Å². The quantitative estimate of drug-likeness (QED) is 0.752. The van der Waals surface area contributed by atoms with Gasteiger partial charge in [-0.2, -0.15) is 0 Å². The molecule has 1 atom stereocenters. The molecule has 0 saturated heterocycles. The molecule has 0 radical (unpaired) electrons. The Hall–Kier alpha value is -0.910. The summed E-state index contributed by atoms with van der Waals surface area (Å²) < 4.78 is 0.762. The Kier molecular flexibility index (Phi) is 5.61. The number of aromatic carboxylic acids is 1. The van der Waals surface area contributed by atoms with E-state index in [1.807, 2.05) is 6.92 Å². The first kappa shape index (κ1) is 14.2. The number of hydrogen-bond acceptors (Lipinski definition) is 3. The summed E-state index contributed by atoms with van der Waals surface area (Å²) in [7, 11) is 0. The lowest BCUT2D eigenvalue weighted by atomic mass is 10.1. The van der Waals surface area contributed by atoms with Crippen LogP contribution < -0.4 is 5.32 Å². The molecule has 17 heavy (non-hydrogen) atoms. The third-order valence-electron chi connectivity index (χ3n) is 2.59. The summed E-state index contributed by atoms with van der Waals surface area (Å²) in [5.74, 6) is -0.938. The first-order valence-corrected chi connectivity index (χ1v) is 6.23. The van der Waals surface area contributed by atoms with Crippen LogP contribution in [0.3, 0.4) is 0 Å². The van der Waals surface area contributed by atoms with Crippen molar-refractivity contribution in [3.63, 3.8) is 0 Å². The second kappa shape index (κ2) is 6.74. The van der Waals surface area contributed by atoms with Crippen LogP contribution in [-0.2, 0) is 6.54 Å². The number of halogens is 1. The van der Waals surface area contributed by atoms with Crippen molar-refractivity contribution in [2.75, 3.05) is 6.61 Å². The molecular weight excluding hydrogens is 286 g/mol. The fraction of sp³-hybridized carbons (Fsp3) is 0.417. The number of hydrogen-bond donors (Lipinski definition) is 3. The monoisotopic (exact) mass is 301 g/mol. The highest BCUT2D eigenvalue weighted by molar-refractivity contribution is 9.10. The van der Waals surface area contributed by atoms with E-state index in [1.165, 1.54) is 0 Å². The van der Waals surface area contributed by atoms with Crippen LogP contribution in [0.2, 0.25) is 0 Å². The van der Waals surface area contributed by atoms with Crippen LogP contribution in [0, 0.1) is 0 Å². The second-order valence-corrected chi connectivity index (χ2v) is 4.63. The van der Waals surface area contributed by atoms with Crippen molar-refractivity contribution in [2.24, 2.45) is 0 Å². The molecule has 94 valence electrons. The minimum absolute atomic E-state index is 0.0704. The lowest BCUT2D eigenvalue weighted by Gasteiger charge is -2.14. The predicted octanol–water partition coefficient (Wildman–Crippen LogP) is 2.01. The number of nitrogens with one attached hydrogen (secondary N) is 1. The molecule has 1 rings (SSSR count). The van der Waals surface area contributed by atoms with Gasteiger partial charge in [-0.1, -0.05) is 28.9 Å². The number of carbonyl (C=O) groups is 1. The van der Waals surface area contributed by atoms with Gasteiger partial charge in [0.15, 0.2) is 0 Å². The van der Waals surface area contributed by atoms with E-state index < -0.39 is 5.97 Å². The predicted molar refractivity (Wildman–Crippen MR) is 69.1 cm³/mol. The van der Waals surface area contributed by atoms with Gasteiger partial charge in [0, 0.05) is 17.1 Å². The van der Waals surface area contributed by atoms with Crippen molar-refractivity contribution in [2.45, 2.75) is 25.9 Å². The normalized spacial score (nSPS) is 12.4. The van der Waals surface area contributed by atoms with Crippen molar-refractivity contribution >= 4 is 21.9 Å². The van der Waals surface area contributed by atoms with Crippen molar-refractivity contribution < 1.29 is 15.0 Å². The van der Waals surface area contributed by atoms with Crippen LogP contribution in [0.25, 0.3) is 0 Å². The Bertz CT molecular complexity index is 391. The third kappa shape index (κ3) is 4.11. The first-order chi connectivity index (χ1) is 8.08. The number of rotatable bonds is 6. The van der Waals surface area contributed by atoms with E-state index in [-0.39, 0.29) is 18.2 Å². The average molecular weight is 302 g/mol. The van der Waals surface area contributed by atoms with Gasteiger partial charge in [0.05, 0.1) is 12.2 Å². The summed E-state index contributed by atoms with van der Waals surface area (Å²) in [6, 6.07) is 4.99. The Morgan fingerprint density at radius 2 is 2.24 bits per heavy atom. The highest BCUT2D eigenvalue weighted by Crippen LogP contribution is 2.18. The van der Waals surface area contributed by atoms with Crippen LogP contribution in [0.4, 0.5) is 0 Å². The minimum atomic E-state index is -0.938. The molecule has 0 heterocycles. The molecule has 1 aromatic carbocycles. The minimum Gasteiger partial charge on any atom is -0.478 e. The first-order valence-electron chi connectivity index (χ1n) is 5.44. The van der Waals surface area contributed by atoms with Crippen LogP contribution in [0.5, 0.6) is 0 Å². The summed E-state index contributed by atoms with van der Waals surface area (Å²) in [6.07, 6.45) is 0.849. The summed E-state index contributed by atoms with van der Waals surface area (Å²) >= 11 is 3.34. The fourth-order valence-electron chi connectivity index (χ4n) is 1.42. The van der Waals surface area contributed by atoms with E-state index in [1.54, 1.807) is 18.2 Å². The average Bonchev–Trinajstić information content (AvgIpc) is 2.31. The second-order valence-electron chi connectivity index (χ2n) is 3.78. The maximum Gasteiger partial charge on any atom is 0.335 e. The van der Waals surface area contributed by atoms with Gasteiger partial charge >= 0.3 is 5.97 Å². The van der Waals surface area contributed by atoms with Gasteiger partial charge in [0.25, 0.3) is 0 Å². The van der Waals surface area contributed by atoms with Crippen LogP contribution >= 0.6 is 15.9 Å². The molecule has 0 aliphatic rings. The van der Waals surface area contributed by atoms with Crippen molar-refractivity contribution in [1.82, 2.24) is 5.32 Å². The highest BCUT2D eigenvalue weighted by Gasteiger charge is 2.08.